The van der Waals surface area contributed by atoms with Crippen LogP contribution in [0.15, 0.2) is 103 Å². The summed E-state index contributed by atoms with van der Waals surface area (Å²) >= 11 is 0. The maximum Gasteiger partial charge on any atom is 0.329 e. The number of unbranched alkanes of at least 4 members (excludes halogenated alkanes) is 1. The molecule has 0 aliphatic carbocycles. The smallest absolute Gasteiger partial charge is 0.320 e. The molecule has 2 amide bonds. The lowest BCUT2D eigenvalue weighted by Gasteiger charge is -2.31. The molecule has 0 aliphatic rings. The average Bonchev–Trinajstić information content (AvgIpc) is 2.83. The Labute approximate surface area is 184 Å². The summed E-state index contributed by atoms with van der Waals surface area (Å²) in [7, 11) is 0. The first kappa shape index (κ1) is 20.7. The quantitative estimate of drug-likeness (QED) is 0.312. The summed E-state index contributed by atoms with van der Waals surface area (Å²) < 4.78 is 0. The van der Waals surface area contributed by atoms with E-state index < -0.39 is 0 Å². The van der Waals surface area contributed by atoms with Gasteiger partial charge in [0.15, 0.2) is 0 Å². The van der Waals surface area contributed by atoms with Crippen LogP contribution in [0.5, 0.6) is 0 Å². The fourth-order valence-corrected chi connectivity index (χ4v) is 3.80. The molecular formula is C28H28N2O. The lowest BCUT2D eigenvalue weighted by Crippen LogP contribution is -2.41. The van der Waals surface area contributed by atoms with Gasteiger partial charge in [-0.05, 0) is 47.0 Å². The predicted molar refractivity (Wildman–Crippen MR) is 130 cm³/mol. The van der Waals surface area contributed by atoms with E-state index in [1.54, 1.807) is 0 Å². The lowest BCUT2D eigenvalue weighted by atomic mass is 10.1. The summed E-state index contributed by atoms with van der Waals surface area (Å²) in [6.07, 6.45) is 2.01. The van der Waals surface area contributed by atoms with E-state index in [4.69, 9.17) is 0 Å². The largest absolute Gasteiger partial charge is 0.329 e. The number of carbonyl (C=O) groups excluding carboxylic acids is 1. The van der Waals surface area contributed by atoms with Gasteiger partial charge in [0.25, 0.3) is 0 Å². The Kier molecular flexibility index (Phi) is 6.63. The number of amides is 2. The number of hydrogen-bond donors (Lipinski definition) is 0. The van der Waals surface area contributed by atoms with Crippen LogP contribution in [0.3, 0.4) is 0 Å². The van der Waals surface area contributed by atoms with E-state index in [-0.39, 0.29) is 6.03 Å². The Morgan fingerprint density at radius 2 is 1.35 bits per heavy atom. The van der Waals surface area contributed by atoms with Crippen molar-refractivity contribution in [2.75, 3.05) is 11.4 Å². The number of nitrogens with zero attached hydrogens (tertiary/aromatic N) is 2. The second-order valence-electron chi connectivity index (χ2n) is 7.75. The molecular weight excluding hydrogens is 380 g/mol. The van der Waals surface area contributed by atoms with Gasteiger partial charge in [-0.1, -0.05) is 92.2 Å². The molecule has 0 fully saturated rings. The van der Waals surface area contributed by atoms with Gasteiger partial charge in [0.2, 0.25) is 0 Å². The zero-order chi connectivity index (χ0) is 21.5. The van der Waals surface area contributed by atoms with Crippen LogP contribution in [0.2, 0.25) is 0 Å². The van der Waals surface area contributed by atoms with Gasteiger partial charge in [0.05, 0.1) is 11.4 Å². The molecule has 0 radical (unpaired) electrons. The average molecular weight is 409 g/mol. The lowest BCUT2D eigenvalue weighted by molar-refractivity contribution is 0.203. The zero-order valence-corrected chi connectivity index (χ0v) is 17.9. The van der Waals surface area contributed by atoms with Crippen LogP contribution in [-0.2, 0) is 6.54 Å². The number of hydrogen-bond acceptors (Lipinski definition) is 1. The van der Waals surface area contributed by atoms with Crippen molar-refractivity contribution in [2.24, 2.45) is 0 Å². The summed E-state index contributed by atoms with van der Waals surface area (Å²) in [4.78, 5) is 17.7. The Morgan fingerprint density at radius 1 is 0.710 bits per heavy atom. The minimum atomic E-state index is -0.00113. The summed E-state index contributed by atoms with van der Waals surface area (Å²) in [5.41, 5.74) is 2.89. The molecule has 156 valence electrons. The van der Waals surface area contributed by atoms with Crippen molar-refractivity contribution in [1.82, 2.24) is 4.90 Å². The molecule has 3 nitrogen and oxygen atoms in total. The van der Waals surface area contributed by atoms with Crippen LogP contribution in [-0.4, -0.2) is 17.5 Å². The van der Waals surface area contributed by atoms with E-state index in [1.165, 1.54) is 5.39 Å². The Bertz CT molecular complexity index is 1130. The maximum atomic E-state index is 13.9. The fraction of sp³-hybridized carbons (Fsp3) is 0.179. The van der Waals surface area contributed by atoms with Gasteiger partial charge >= 0.3 is 6.03 Å². The molecule has 0 spiro atoms. The Hall–Kier alpha value is -3.59. The molecule has 0 saturated carbocycles. The number of urea groups is 1. The summed E-state index contributed by atoms with van der Waals surface area (Å²) in [5, 5.41) is 2.29. The van der Waals surface area contributed by atoms with Gasteiger partial charge in [-0.3, -0.25) is 4.90 Å². The van der Waals surface area contributed by atoms with Crippen molar-refractivity contribution >= 4 is 28.2 Å². The highest BCUT2D eigenvalue weighted by atomic mass is 16.2. The van der Waals surface area contributed by atoms with Gasteiger partial charge in [-0.2, -0.15) is 0 Å². The number of rotatable bonds is 7. The SMILES string of the molecule is CCCCN(Cc1ccccc1)C(=O)N(c1ccccc1)c1ccc2ccccc2c1. The van der Waals surface area contributed by atoms with Crippen molar-refractivity contribution in [3.8, 4) is 0 Å². The summed E-state index contributed by atoms with van der Waals surface area (Å²) in [6, 6.07) is 34.6. The molecule has 0 N–H and O–H groups in total. The molecule has 31 heavy (non-hydrogen) atoms. The predicted octanol–water partition coefficient (Wildman–Crippen LogP) is 7.40. The molecule has 0 atom stereocenters. The second-order valence-corrected chi connectivity index (χ2v) is 7.75. The van der Waals surface area contributed by atoms with E-state index in [0.29, 0.717) is 6.54 Å². The number of benzene rings is 4. The second kappa shape index (κ2) is 9.94. The van der Waals surface area contributed by atoms with E-state index in [0.717, 1.165) is 41.7 Å². The van der Waals surface area contributed by atoms with Crippen LogP contribution in [0, 0.1) is 0 Å². The minimum absolute atomic E-state index is 0.00113. The first-order valence-electron chi connectivity index (χ1n) is 10.9. The third-order valence-electron chi connectivity index (χ3n) is 5.47. The molecule has 0 saturated heterocycles. The number of para-hydroxylation sites is 1. The minimum Gasteiger partial charge on any atom is -0.320 e. The van der Waals surface area contributed by atoms with E-state index in [1.807, 2.05) is 76.5 Å². The fourth-order valence-electron chi connectivity index (χ4n) is 3.80. The molecule has 3 heteroatoms. The van der Waals surface area contributed by atoms with Crippen LogP contribution in [0.4, 0.5) is 16.2 Å². The Balaban J connectivity index is 1.74. The van der Waals surface area contributed by atoms with Gasteiger partial charge < -0.3 is 4.90 Å². The Morgan fingerprint density at radius 3 is 2.06 bits per heavy atom. The number of anilines is 2. The topological polar surface area (TPSA) is 23.6 Å². The van der Waals surface area contributed by atoms with E-state index in [2.05, 4.69) is 43.3 Å². The third-order valence-corrected chi connectivity index (χ3v) is 5.47. The molecule has 0 bridgehead atoms. The van der Waals surface area contributed by atoms with Gasteiger partial charge in [0, 0.05) is 13.1 Å². The number of fused-ring (bicyclic) bond motifs is 1. The van der Waals surface area contributed by atoms with Crippen molar-refractivity contribution in [3.05, 3.63) is 109 Å². The molecule has 4 aromatic carbocycles. The van der Waals surface area contributed by atoms with Crippen molar-refractivity contribution in [3.63, 3.8) is 0 Å². The first-order chi connectivity index (χ1) is 15.3. The van der Waals surface area contributed by atoms with E-state index >= 15 is 0 Å². The highest BCUT2D eigenvalue weighted by Crippen LogP contribution is 2.30. The van der Waals surface area contributed by atoms with Crippen LogP contribution in [0.1, 0.15) is 25.3 Å². The third kappa shape index (κ3) is 4.95. The molecule has 4 rings (SSSR count). The normalized spacial score (nSPS) is 10.7. The van der Waals surface area contributed by atoms with E-state index in [9.17, 15) is 4.79 Å². The first-order valence-corrected chi connectivity index (χ1v) is 10.9. The van der Waals surface area contributed by atoms with Crippen LogP contribution < -0.4 is 4.90 Å². The molecule has 0 heterocycles. The zero-order valence-electron chi connectivity index (χ0n) is 17.9. The highest BCUT2D eigenvalue weighted by molar-refractivity contribution is 6.01. The monoisotopic (exact) mass is 408 g/mol. The summed E-state index contributed by atoms with van der Waals surface area (Å²) in [6.45, 7) is 3.47. The highest BCUT2D eigenvalue weighted by Gasteiger charge is 2.24. The maximum absolute atomic E-state index is 13.9. The number of carbonyl (C=O) groups is 1. The van der Waals surface area contributed by atoms with Gasteiger partial charge in [0.1, 0.15) is 0 Å². The summed E-state index contributed by atoms with van der Waals surface area (Å²) in [5.74, 6) is 0. The van der Waals surface area contributed by atoms with Crippen molar-refractivity contribution < 1.29 is 4.79 Å². The van der Waals surface area contributed by atoms with Crippen LogP contribution >= 0.6 is 0 Å². The van der Waals surface area contributed by atoms with Gasteiger partial charge in [-0.15, -0.1) is 0 Å². The molecule has 0 unspecified atom stereocenters. The van der Waals surface area contributed by atoms with Crippen molar-refractivity contribution in [2.45, 2.75) is 26.3 Å². The molecule has 4 aromatic rings. The van der Waals surface area contributed by atoms with Crippen molar-refractivity contribution in [1.29, 1.82) is 0 Å². The molecule has 0 aromatic heterocycles. The standard InChI is InChI=1S/C28H28N2O/c1-2-3-20-29(22-23-12-6-4-7-13-23)28(31)30(26-16-8-5-9-17-26)27-19-18-24-14-10-11-15-25(24)21-27/h4-19,21H,2-3,20,22H2,1H3. The van der Waals surface area contributed by atoms with Crippen LogP contribution in [0.25, 0.3) is 10.8 Å². The molecule has 0 aliphatic heterocycles. The van der Waals surface area contributed by atoms with Gasteiger partial charge in [-0.25, -0.2) is 4.79 Å².